The van der Waals surface area contributed by atoms with E-state index in [1.165, 1.54) is 18.2 Å². The van der Waals surface area contributed by atoms with E-state index < -0.39 is 11.7 Å². The first kappa shape index (κ1) is 13.9. The van der Waals surface area contributed by atoms with Crippen molar-refractivity contribution in [3.05, 3.63) is 41.3 Å². The maximum absolute atomic E-state index is 13.4. The molecule has 0 aliphatic rings. The lowest BCUT2D eigenvalue weighted by Gasteiger charge is -2.09. The van der Waals surface area contributed by atoms with Crippen LogP contribution in [-0.2, 0) is 6.42 Å². The van der Waals surface area contributed by atoms with E-state index in [4.69, 9.17) is 10.4 Å². The first-order chi connectivity index (χ1) is 9.61. The van der Waals surface area contributed by atoms with Gasteiger partial charge in [-0.15, -0.1) is 0 Å². The van der Waals surface area contributed by atoms with Crippen LogP contribution in [0.15, 0.2) is 22.7 Å². The van der Waals surface area contributed by atoms with Gasteiger partial charge in [0.25, 0.3) is 5.91 Å². The van der Waals surface area contributed by atoms with Gasteiger partial charge in [-0.25, -0.2) is 4.39 Å². The minimum absolute atomic E-state index is 0.0413. The first-order valence-corrected chi connectivity index (χ1v) is 5.94. The summed E-state index contributed by atoms with van der Waals surface area (Å²) < 4.78 is 18.3. The molecular weight excluding hydrogens is 265 g/mol. The Morgan fingerprint density at radius 2 is 2.30 bits per heavy atom. The largest absolute Gasteiger partial charge is 0.352 e. The summed E-state index contributed by atoms with van der Waals surface area (Å²) in [4.78, 5) is 15.9. The molecule has 0 unspecified atom stereocenters. The molecule has 20 heavy (non-hydrogen) atoms. The average Bonchev–Trinajstić information content (AvgIpc) is 2.84. The molecule has 0 bridgehead atoms. The highest BCUT2D eigenvalue weighted by Crippen LogP contribution is 2.18. The molecular formula is C12H14FN5O2. The number of hydrazine groups is 1. The number of nitrogens with zero attached hydrogens (tertiary/aromatic N) is 2. The normalized spacial score (nSPS) is 10.3. The number of nitrogens with two attached hydrogens (primary N) is 1. The van der Waals surface area contributed by atoms with Crippen LogP contribution in [0.1, 0.15) is 22.1 Å². The second kappa shape index (κ2) is 6.11. The molecule has 2 aromatic rings. The van der Waals surface area contributed by atoms with Gasteiger partial charge in [0.1, 0.15) is 5.82 Å². The Morgan fingerprint density at radius 1 is 1.50 bits per heavy atom. The van der Waals surface area contributed by atoms with E-state index in [0.717, 1.165) is 0 Å². The van der Waals surface area contributed by atoms with Gasteiger partial charge in [0.2, 0.25) is 5.89 Å². The fraction of sp³-hybridized carbons (Fsp3) is 0.250. The zero-order valence-corrected chi connectivity index (χ0v) is 10.8. The maximum Gasteiger partial charge on any atom is 0.253 e. The van der Waals surface area contributed by atoms with Crippen LogP contribution in [0.3, 0.4) is 0 Å². The number of nitrogens with one attached hydrogen (secondary N) is 2. The molecule has 0 saturated carbocycles. The minimum Gasteiger partial charge on any atom is -0.352 e. The molecule has 8 heteroatoms. The van der Waals surface area contributed by atoms with E-state index in [1.807, 2.05) is 0 Å². The van der Waals surface area contributed by atoms with Gasteiger partial charge < -0.3 is 15.3 Å². The Morgan fingerprint density at radius 3 is 2.95 bits per heavy atom. The molecule has 1 aromatic carbocycles. The Balaban J connectivity index is 1.97. The van der Waals surface area contributed by atoms with Gasteiger partial charge in [-0.1, -0.05) is 11.2 Å². The molecule has 0 atom stereocenters. The number of amides is 1. The number of aromatic nitrogens is 2. The fourth-order valence-electron chi connectivity index (χ4n) is 1.69. The second-order valence-electron chi connectivity index (χ2n) is 4.04. The van der Waals surface area contributed by atoms with Crippen LogP contribution < -0.4 is 16.6 Å². The number of anilines is 1. The Hall–Kier alpha value is -2.48. The topological polar surface area (TPSA) is 106 Å². The van der Waals surface area contributed by atoms with E-state index in [-0.39, 0.29) is 11.3 Å². The van der Waals surface area contributed by atoms with Crippen LogP contribution in [0.4, 0.5) is 10.1 Å². The highest BCUT2D eigenvalue weighted by atomic mass is 19.1. The van der Waals surface area contributed by atoms with Crippen LogP contribution >= 0.6 is 0 Å². The lowest BCUT2D eigenvalue weighted by Crippen LogP contribution is -2.27. The summed E-state index contributed by atoms with van der Waals surface area (Å²) in [6.45, 7) is 1.99. The maximum atomic E-state index is 13.4. The summed E-state index contributed by atoms with van der Waals surface area (Å²) in [6, 6.07) is 4.13. The van der Waals surface area contributed by atoms with Crippen molar-refractivity contribution in [2.75, 3.05) is 12.0 Å². The molecule has 106 valence electrons. The molecule has 1 aromatic heterocycles. The van der Waals surface area contributed by atoms with Crippen molar-refractivity contribution in [1.82, 2.24) is 15.5 Å². The summed E-state index contributed by atoms with van der Waals surface area (Å²) in [5.74, 6) is 5.15. The number of nitrogen functional groups attached to an aromatic ring is 1. The van der Waals surface area contributed by atoms with Crippen molar-refractivity contribution in [2.24, 2.45) is 5.84 Å². The number of halogens is 1. The molecule has 1 amide bonds. The van der Waals surface area contributed by atoms with Crippen molar-refractivity contribution < 1.29 is 13.7 Å². The lowest BCUT2D eigenvalue weighted by atomic mass is 10.1. The SMILES string of the molecule is Cc1nc(CCNC(=O)c2cccc(F)c2NN)no1. The zero-order valence-electron chi connectivity index (χ0n) is 10.8. The quantitative estimate of drug-likeness (QED) is 0.551. The van der Waals surface area contributed by atoms with Crippen LogP contribution in [0.25, 0.3) is 0 Å². The Bertz CT molecular complexity index is 614. The molecule has 2 rings (SSSR count). The molecule has 0 aliphatic carbocycles. The minimum atomic E-state index is -0.589. The van der Waals surface area contributed by atoms with Crippen LogP contribution in [0.5, 0.6) is 0 Å². The van der Waals surface area contributed by atoms with Gasteiger partial charge in [0.15, 0.2) is 5.82 Å². The Kier molecular flexibility index (Phi) is 4.26. The van der Waals surface area contributed by atoms with Crippen molar-refractivity contribution in [1.29, 1.82) is 0 Å². The molecule has 0 fully saturated rings. The third-order valence-corrected chi connectivity index (χ3v) is 2.61. The molecule has 0 aliphatic heterocycles. The van der Waals surface area contributed by atoms with Gasteiger partial charge in [0, 0.05) is 19.9 Å². The molecule has 0 spiro atoms. The smallest absolute Gasteiger partial charge is 0.253 e. The summed E-state index contributed by atoms with van der Waals surface area (Å²) in [7, 11) is 0. The van der Waals surface area contributed by atoms with E-state index >= 15 is 0 Å². The first-order valence-electron chi connectivity index (χ1n) is 5.94. The fourth-order valence-corrected chi connectivity index (χ4v) is 1.69. The Labute approximate surface area is 114 Å². The number of carbonyl (C=O) groups excluding carboxylic acids is 1. The monoisotopic (exact) mass is 279 g/mol. The molecule has 0 saturated heterocycles. The van der Waals surface area contributed by atoms with Crippen molar-refractivity contribution in [3.8, 4) is 0 Å². The predicted octanol–water partition coefficient (Wildman–Crippen LogP) is 0.775. The molecule has 7 nitrogen and oxygen atoms in total. The van der Waals surface area contributed by atoms with Gasteiger partial charge >= 0.3 is 0 Å². The third-order valence-electron chi connectivity index (χ3n) is 2.61. The number of aryl methyl sites for hydroxylation is 1. The van der Waals surface area contributed by atoms with Gasteiger partial charge in [-0.3, -0.25) is 10.6 Å². The van der Waals surface area contributed by atoms with Crippen molar-refractivity contribution in [2.45, 2.75) is 13.3 Å². The summed E-state index contributed by atoms with van der Waals surface area (Å²) in [6.07, 6.45) is 0.420. The second-order valence-corrected chi connectivity index (χ2v) is 4.04. The summed E-state index contributed by atoms with van der Waals surface area (Å²) in [5, 5.41) is 6.34. The van der Waals surface area contributed by atoms with Crippen LogP contribution in [0, 0.1) is 12.7 Å². The van der Waals surface area contributed by atoms with Crippen LogP contribution in [0.2, 0.25) is 0 Å². The third kappa shape index (κ3) is 3.09. The highest BCUT2D eigenvalue weighted by molar-refractivity contribution is 5.99. The number of carbonyl (C=O) groups is 1. The number of rotatable bonds is 5. The standard InChI is InChI=1S/C12H14FN5O2/c1-7-16-10(18-20-7)5-6-15-12(19)8-3-2-4-9(13)11(8)17-14/h2-4,17H,5-6,14H2,1H3,(H,15,19). The van der Waals surface area contributed by atoms with Crippen molar-refractivity contribution >= 4 is 11.6 Å². The number of para-hydroxylation sites is 1. The molecule has 0 radical (unpaired) electrons. The van der Waals surface area contributed by atoms with Crippen molar-refractivity contribution in [3.63, 3.8) is 0 Å². The van der Waals surface area contributed by atoms with Gasteiger partial charge in [0.05, 0.1) is 11.3 Å². The molecule has 4 N–H and O–H groups in total. The zero-order chi connectivity index (χ0) is 14.5. The lowest BCUT2D eigenvalue weighted by molar-refractivity contribution is 0.0954. The summed E-state index contributed by atoms with van der Waals surface area (Å²) >= 11 is 0. The number of hydrogen-bond acceptors (Lipinski definition) is 6. The van der Waals surface area contributed by atoms with E-state index in [0.29, 0.717) is 24.7 Å². The molecule has 1 heterocycles. The summed E-state index contributed by atoms with van der Waals surface area (Å²) in [5.41, 5.74) is 2.28. The van der Waals surface area contributed by atoms with Gasteiger partial charge in [-0.2, -0.15) is 4.98 Å². The van der Waals surface area contributed by atoms with Gasteiger partial charge in [-0.05, 0) is 12.1 Å². The number of benzene rings is 1. The average molecular weight is 279 g/mol. The van der Waals surface area contributed by atoms with E-state index in [9.17, 15) is 9.18 Å². The number of hydrogen-bond donors (Lipinski definition) is 3. The van der Waals surface area contributed by atoms with E-state index in [1.54, 1.807) is 6.92 Å². The predicted molar refractivity (Wildman–Crippen MR) is 69.3 cm³/mol. The van der Waals surface area contributed by atoms with E-state index in [2.05, 4.69) is 20.9 Å². The highest BCUT2D eigenvalue weighted by Gasteiger charge is 2.14. The van der Waals surface area contributed by atoms with Crippen LogP contribution in [-0.4, -0.2) is 22.6 Å².